The van der Waals surface area contributed by atoms with Gasteiger partial charge in [-0.2, -0.15) is 13.4 Å². The van der Waals surface area contributed by atoms with Crippen molar-refractivity contribution in [1.29, 1.82) is 0 Å². The first-order chi connectivity index (χ1) is 15.6. The van der Waals surface area contributed by atoms with E-state index in [0.717, 1.165) is 41.4 Å². The Morgan fingerprint density at radius 2 is 1.82 bits per heavy atom. The third-order valence-corrected chi connectivity index (χ3v) is 7.95. The molecule has 2 bridgehead atoms. The number of fused-ring (bicyclic) bond motifs is 5. The van der Waals surface area contributed by atoms with Crippen LogP contribution in [0, 0.1) is 5.92 Å². The summed E-state index contributed by atoms with van der Waals surface area (Å²) in [7, 11) is -4.12. The van der Waals surface area contributed by atoms with E-state index in [1.165, 1.54) is 19.3 Å². The van der Waals surface area contributed by atoms with Crippen molar-refractivity contribution < 1.29 is 39.2 Å². The third-order valence-electron chi connectivity index (χ3n) is 7.48. The highest BCUT2D eigenvalue weighted by molar-refractivity contribution is 7.84. The molecule has 7 rings (SSSR count). The zero-order valence-corrected chi connectivity index (χ0v) is 20.6. The predicted molar refractivity (Wildman–Crippen MR) is 116 cm³/mol. The van der Waals surface area contributed by atoms with Crippen LogP contribution in [0.15, 0.2) is 12.7 Å². The molecule has 5 saturated heterocycles. The summed E-state index contributed by atoms with van der Waals surface area (Å²) in [6.45, 7) is 6.57. The molecule has 5 aliphatic heterocycles. The van der Waals surface area contributed by atoms with E-state index in [1.807, 2.05) is 18.4 Å². The van der Waals surface area contributed by atoms with Gasteiger partial charge >= 0.3 is 10.3 Å². The van der Waals surface area contributed by atoms with E-state index in [4.69, 9.17) is 28.5 Å². The van der Waals surface area contributed by atoms with Gasteiger partial charge in [0, 0.05) is 19.3 Å². The molecule has 0 amide bonds. The second kappa shape index (κ2) is 8.30. The summed E-state index contributed by atoms with van der Waals surface area (Å²) in [5, 5.41) is 5.01. The van der Waals surface area contributed by atoms with Crippen molar-refractivity contribution in [1.82, 2.24) is 24.0 Å². The van der Waals surface area contributed by atoms with Crippen LogP contribution in [0.1, 0.15) is 39.3 Å². The molecule has 188 valence electrons. The van der Waals surface area contributed by atoms with Crippen molar-refractivity contribution in [2.45, 2.75) is 63.4 Å². The molecule has 12 nitrogen and oxygen atoms in total. The maximum Gasteiger partial charge on any atom is 0.333 e. The average Bonchev–Trinajstić information content (AvgIpc) is 3.43. The predicted octanol–water partition coefficient (Wildman–Crippen LogP) is -2.41. The van der Waals surface area contributed by atoms with Crippen LogP contribution in [0.4, 0.5) is 5.82 Å². The summed E-state index contributed by atoms with van der Waals surface area (Å²) in [5.41, 5.74) is 1.42. The van der Waals surface area contributed by atoms with Gasteiger partial charge in [-0.25, -0.2) is 15.1 Å². The number of rotatable bonds is 5. The van der Waals surface area contributed by atoms with Crippen LogP contribution in [0.3, 0.4) is 0 Å². The Morgan fingerprint density at radius 1 is 1.15 bits per heavy atom. The van der Waals surface area contributed by atoms with Crippen molar-refractivity contribution in [2.75, 3.05) is 26.2 Å². The van der Waals surface area contributed by atoms with Crippen LogP contribution in [0.25, 0.3) is 11.2 Å². The first-order valence-corrected chi connectivity index (χ1v) is 12.8. The zero-order valence-electron chi connectivity index (χ0n) is 19.0. The van der Waals surface area contributed by atoms with Gasteiger partial charge in [0.25, 0.3) is 5.82 Å². The molecule has 5 fully saturated rings. The summed E-state index contributed by atoms with van der Waals surface area (Å²) < 4.78 is 48.5. The van der Waals surface area contributed by atoms with Gasteiger partial charge < -0.3 is 26.6 Å². The minimum Gasteiger partial charge on any atom is -1.00 e. The van der Waals surface area contributed by atoms with E-state index in [-0.39, 0.29) is 19.0 Å². The maximum absolute atomic E-state index is 11.3. The highest BCUT2D eigenvalue weighted by Gasteiger charge is 2.56. The number of nitrogens with two attached hydrogens (primary N) is 1. The van der Waals surface area contributed by atoms with Gasteiger partial charge in [-0.05, 0) is 19.8 Å². The van der Waals surface area contributed by atoms with Gasteiger partial charge in [0.2, 0.25) is 0 Å². The standard InChI is InChI=1S/C20H29N6O6S.ClH/c1-20(2)31-15-13(9-29-33(21,27)28)30-19(16(15)32-20)25-11-24-14-17(25)22-10-23-18(14)26-6-3-12(4-7-26)5-8-26;/h10-13,15-16,19H,3-9H2,1-2H3,(H2,21,27,28);1H/q+1;/p-1. The van der Waals surface area contributed by atoms with Gasteiger partial charge in [-0.15, -0.1) is 0 Å². The Labute approximate surface area is 204 Å². The molecule has 14 heteroatoms. The maximum atomic E-state index is 11.3. The number of ether oxygens (including phenoxy) is 3. The topological polar surface area (TPSA) is 141 Å². The summed E-state index contributed by atoms with van der Waals surface area (Å²) in [4.78, 5) is 13.9. The molecule has 4 unspecified atom stereocenters. The zero-order chi connectivity index (χ0) is 23.0. The van der Waals surface area contributed by atoms with Crippen LogP contribution in [0.2, 0.25) is 0 Å². The number of hydrogen-bond donors (Lipinski definition) is 1. The summed E-state index contributed by atoms with van der Waals surface area (Å²) in [5.74, 6) is 0.942. The number of nitrogens with zero attached hydrogens (tertiary/aromatic N) is 5. The fourth-order valence-corrected chi connectivity index (χ4v) is 6.25. The van der Waals surface area contributed by atoms with E-state index in [9.17, 15) is 8.42 Å². The van der Waals surface area contributed by atoms with E-state index in [2.05, 4.69) is 9.97 Å². The van der Waals surface area contributed by atoms with Gasteiger partial charge in [-0.1, -0.05) is 0 Å². The Morgan fingerprint density at radius 3 is 2.50 bits per heavy atom. The van der Waals surface area contributed by atoms with Crippen molar-refractivity contribution >= 4 is 27.3 Å². The fraction of sp³-hybridized carbons (Fsp3) is 0.750. The SMILES string of the molecule is CC1(C)OC2C(COS(N)(=O)=O)OC(n3cnc4c([N+]56CCC(CC5)CC6)ncnc43)C2O1.[Cl-]. The lowest BCUT2D eigenvalue weighted by molar-refractivity contribution is -0.198. The van der Waals surface area contributed by atoms with Crippen LogP contribution < -0.4 is 22.0 Å². The highest BCUT2D eigenvalue weighted by Crippen LogP contribution is 2.45. The van der Waals surface area contributed by atoms with Crippen LogP contribution in [-0.2, 0) is 28.7 Å². The van der Waals surface area contributed by atoms with Crippen LogP contribution >= 0.6 is 0 Å². The van der Waals surface area contributed by atoms with E-state index in [0.29, 0.717) is 5.65 Å². The lowest BCUT2D eigenvalue weighted by atomic mass is 9.85. The fourth-order valence-electron chi connectivity index (χ4n) is 5.93. The molecule has 0 radical (unpaired) electrons. The first-order valence-electron chi connectivity index (χ1n) is 11.4. The molecule has 0 aliphatic carbocycles. The number of aromatic nitrogens is 4. The molecule has 2 N–H and O–H groups in total. The number of halogens is 1. The average molecular weight is 517 g/mol. The smallest absolute Gasteiger partial charge is 0.333 e. The quantitative estimate of drug-likeness (QED) is 0.430. The Hall–Kier alpha value is -1.45. The molecule has 4 atom stereocenters. The molecular formula is C20H29ClN6O6S. The monoisotopic (exact) mass is 516 g/mol. The van der Waals surface area contributed by atoms with Gasteiger partial charge in [0.05, 0.1) is 32.6 Å². The summed E-state index contributed by atoms with van der Waals surface area (Å²) in [6.07, 6.45) is 4.59. The number of hydrogen-bond acceptors (Lipinski definition) is 9. The molecular weight excluding hydrogens is 488 g/mol. The highest BCUT2D eigenvalue weighted by atomic mass is 35.5. The molecule has 0 aromatic carbocycles. The molecule has 0 spiro atoms. The minimum atomic E-state index is -4.12. The normalized spacial score (nSPS) is 36.5. The van der Waals surface area contributed by atoms with Crippen molar-refractivity contribution in [3.8, 4) is 0 Å². The molecule has 34 heavy (non-hydrogen) atoms. The van der Waals surface area contributed by atoms with E-state index >= 15 is 0 Å². The van der Waals surface area contributed by atoms with Crippen LogP contribution in [-0.4, -0.2) is 78.3 Å². The van der Waals surface area contributed by atoms with Crippen molar-refractivity contribution in [3.05, 3.63) is 12.7 Å². The Balaban J connectivity index is 0.00000241. The third kappa shape index (κ3) is 4.01. The van der Waals surface area contributed by atoms with Crippen LogP contribution in [0.5, 0.6) is 0 Å². The number of quaternary nitrogens is 1. The molecule has 2 aromatic rings. The Kier molecular flexibility index (Phi) is 5.92. The van der Waals surface area contributed by atoms with Crippen molar-refractivity contribution in [2.24, 2.45) is 11.1 Å². The number of piperidine rings is 3. The Bertz CT molecular complexity index is 1170. The summed E-state index contributed by atoms with van der Waals surface area (Å²) in [6, 6.07) is 0. The van der Waals surface area contributed by atoms with Gasteiger partial charge in [-0.3, -0.25) is 13.2 Å². The molecule has 7 heterocycles. The second-order valence-corrected chi connectivity index (χ2v) is 11.2. The molecule has 5 aliphatic rings. The summed E-state index contributed by atoms with van der Waals surface area (Å²) >= 11 is 0. The van der Waals surface area contributed by atoms with E-state index < -0.39 is 40.6 Å². The minimum absolute atomic E-state index is 0. The first kappa shape index (κ1) is 24.3. The van der Waals surface area contributed by atoms with Gasteiger partial charge in [0.15, 0.2) is 23.2 Å². The molecule has 2 aromatic heterocycles. The van der Waals surface area contributed by atoms with Crippen molar-refractivity contribution in [3.63, 3.8) is 0 Å². The lowest BCUT2D eigenvalue weighted by Crippen LogP contribution is -3.00. The second-order valence-electron chi connectivity index (χ2n) is 9.98. The number of imidazole rings is 1. The molecule has 0 saturated carbocycles. The lowest BCUT2D eigenvalue weighted by Gasteiger charge is -2.47. The van der Waals surface area contributed by atoms with Gasteiger partial charge in [0.1, 0.15) is 24.6 Å². The van der Waals surface area contributed by atoms with E-state index in [1.54, 1.807) is 12.7 Å². The largest absolute Gasteiger partial charge is 1.00 e.